The van der Waals surface area contributed by atoms with Crippen LogP contribution < -0.4 is 5.32 Å². The minimum absolute atomic E-state index is 0.334. The van der Waals surface area contributed by atoms with E-state index in [2.05, 4.69) is 19.2 Å². The van der Waals surface area contributed by atoms with Gasteiger partial charge >= 0.3 is 0 Å². The molecular formula is C12H27NO2S. The highest BCUT2D eigenvalue weighted by Crippen LogP contribution is 2.16. The van der Waals surface area contributed by atoms with Crippen molar-refractivity contribution in [1.82, 2.24) is 5.32 Å². The molecule has 0 aliphatic rings. The van der Waals surface area contributed by atoms with Gasteiger partial charge in [-0.1, -0.05) is 20.8 Å². The summed E-state index contributed by atoms with van der Waals surface area (Å²) in [5.41, 5.74) is 0. The zero-order chi connectivity index (χ0) is 12.6. The third kappa shape index (κ3) is 8.11. The number of nitrogens with one attached hydrogen (secondary N) is 1. The first-order valence-electron chi connectivity index (χ1n) is 6.26. The summed E-state index contributed by atoms with van der Waals surface area (Å²) in [5.74, 6) is 1.80. The Kier molecular flexibility index (Phi) is 8.02. The molecule has 0 radical (unpaired) electrons. The fourth-order valence-corrected chi connectivity index (χ4v) is 3.54. The molecule has 98 valence electrons. The van der Waals surface area contributed by atoms with E-state index in [1.807, 2.05) is 14.0 Å². The topological polar surface area (TPSA) is 46.2 Å². The molecule has 0 saturated carbocycles. The molecule has 1 N–H and O–H groups in total. The van der Waals surface area contributed by atoms with Gasteiger partial charge in [-0.15, -0.1) is 0 Å². The quantitative estimate of drug-likeness (QED) is 0.680. The summed E-state index contributed by atoms with van der Waals surface area (Å²) in [5, 5.41) is 3.15. The lowest BCUT2D eigenvalue weighted by molar-refractivity contribution is 0.387. The molecule has 0 aliphatic heterocycles. The Hall–Kier alpha value is -0.0900. The summed E-state index contributed by atoms with van der Waals surface area (Å²) in [6.45, 7) is 7.20. The van der Waals surface area contributed by atoms with Gasteiger partial charge in [-0.2, -0.15) is 0 Å². The number of sulfone groups is 1. The third-order valence-electron chi connectivity index (χ3n) is 2.65. The molecule has 16 heavy (non-hydrogen) atoms. The van der Waals surface area contributed by atoms with E-state index >= 15 is 0 Å². The summed E-state index contributed by atoms with van der Waals surface area (Å²) in [7, 11) is -0.884. The fraction of sp³-hybridized carbons (Fsp3) is 1.00. The maximum Gasteiger partial charge on any atom is 0.150 e. The number of hydrogen-bond donors (Lipinski definition) is 1. The van der Waals surface area contributed by atoms with Crippen molar-refractivity contribution in [3.8, 4) is 0 Å². The predicted octanol–water partition coefficient (Wildman–Crippen LogP) is 2.08. The Morgan fingerprint density at radius 1 is 1.19 bits per heavy atom. The lowest BCUT2D eigenvalue weighted by Crippen LogP contribution is -2.23. The molecule has 0 amide bonds. The van der Waals surface area contributed by atoms with E-state index in [0.29, 0.717) is 23.3 Å². The highest BCUT2D eigenvalue weighted by Gasteiger charge is 2.15. The van der Waals surface area contributed by atoms with Gasteiger partial charge in [0.2, 0.25) is 0 Å². The first-order chi connectivity index (χ1) is 7.41. The van der Waals surface area contributed by atoms with Crippen molar-refractivity contribution in [1.29, 1.82) is 0 Å². The minimum Gasteiger partial charge on any atom is -0.319 e. The van der Waals surface area contributed by atoms with Gasteiger partial charge in [0.05, 0.1) is 5.75 Å². The lowest BCUT2D eigenvalue weighted by Gasteiger charge is -2.18. The number of rotatable bonds is 9. The second-order valence-electron chi connectivity index (χ2n) is 4.99. The van der Waals surface area contributed by atoms with Crippen LogP contribution in [0.2, 0.25) is 0 Å². The van der Waals surface area contributed by atoms with Crippen LogP contribution in [0.3, 0.4) is 0 Å². The van der Waals surface area contributed by atoms with Crippen molar-refractivity contribution >= 4 is 9.84 Å². The van der Waals surface area contributed by atoms with Crippen LogP contribution in [0.1, 0.15) is 40.0 Å². The van der Waals surface area contributed by atoms with E-state index in [0.717, 1.165) is 25.8 Å². The van der Waals surface area contributed by atoms with Gasteiger partial charge in [0, 0.05) is 5.75 Å². The standard InChI is InChI=1S/C12H27NO2S/c1-5-7-16(14,15)8-6-12(10-13-4)9-11(2)3/h11-13H,5-10H2,1-4H3. The predicted molar refractivity (Wildman–Crippen MR) is 70.4 cm³/mol. The largest absolute Gasteiger partial charge is 0.319 e. The van der Waals surface area contributed by atoms with Crippen LogP contribution in [0.5, 0.6) is 0 Å². The summed E-state index contributed by atoms with van der Waals surface area (Å²) in [4.78, 5) is 0. The Bertz CT molecular complexity index is 260. The van der Waals surface area contributed by atoms with Crippen molar-refractivity contribution < 1.29 is 8.42 Å². The average Bonchev–Trinajstić information content (AvgIpc) is 2.14. The second kappa shape index (κ2) is 8.07. The van der Waals surface area contributed by atoms with Crippen molar-refractivity contribution in [2.45, 2.75) is 40.0 Å². The number of hydrogen-bond acceptors (Lipinski definition) is 3. The Morgan fingerprint density at radius 3 is 2.25 bits per heavy atom. The van der Waals surface area contributed by atoms with Crippen molar-refractivity contribution in [3.63, 3.8) is 0 Å². The lowest BCUT2D eigenvalue weighted by atomic mass is 9.95. The average molecular weight is 249 g/mol. The molecule has 0 heterocycles. The summed E-state index contributed by atoms with van der Waals surface area (Å²) >= 11 is 0. The molecule has 4 heteroatoms. The molecule has 1 atom stereocenters. The molecule has 0 spiro atoms. The summed E-state index contributed by atoms with van der Waals surface area (Å²) in [6.07, 6.45) is 2.62. The van der Waals surface area contributed by atoms with E-state index < -0.39 is 9.84 Å². The van der Waals surface area contributed by atoms with Crippen molar-refractivity contribution in [3.05, 3.63) is 0 Å². The normalized spacial score (nSPS) is 14.3. The zero-order valence-electron chi connectivity index (χ0n) is 11.1. The first kappa shape index (κ1) is 15.9. The molecule has 0 aromatic carbocycles. The summed E-state index contributed by atoms with van der Waals surface area (Å²) < 4.78 is 23.2. The molecule has 1 unspecified atom stereocenters. The first-order valence-corrected chi connectivity index (χ1v) is 8.08. The van der Waals surface area contributed by atoms with Crippen LogP contribution in [0.15, 0.2) is 0 Å². The van der Waals surface area contributed by atoms with Gasteiger partial charge in [0.25, 0.3) is 0 Å². The van der Waals surface area contributed by atoms with Gasteiger partial charge in [0.1, 0.15) is 9.84 Å². The van der Waals surface area contributed by atoms with E-state index in [1.54, 1.807) is 0 Å². The van der Waals surface area contributed by atoms with Gasteiger partial charge in [-0.05, 0) is 44.7 Å². The van der Waals surface area contributed by atoms with Gasteiger partial charge in [-0.25, -0.2) is 8.42 Å². The summed E-state index contributed by atoms with van der Waals surface area (Å²) in [6, 6.07) is 0. The third-order valence-corrected chi connectivity index (χ3v) is 4.54. The smallest absolute Gasteiger partial charge is 0.150 e. The maximum absolute atomic E-state index is 11.6. The SMILES string of the molecule is CCCS(=O)(=O)CCC(CNC)CC(C)C. The van der Waals surface area contributed by atoms with E-state index in [1.165, 1.54) is 0 Å². The second-order valence-corrected chi connectivity index (χ2v) is 7.30. The van der Waals surface area contributed by atoms with Crippen LogP contribution in [-0.2, 0) is 9.84 Å². The van der Waals surface area contributed by atoms with Crippen LogP contribution in [0, 0.1) is 11.8 Å². The fourth-order valence-electron chi connectivity index (χ4n) is 2.02. The van der Waals surface area contributed by atoms with Gasteiger partial charge < -0.3 is 5.32 Å². The monoisotopic (exact) mass is 249 g/mol. The van der Waals surface area contributed by atoms with Gasteiger partial charge in [0.15, 0.2) is 0 Å². The molecule has 0 aromatic rings. The Balaban J connectivity index is 4.10. The minimum atomic E-state index is -2.81. The van der Waals surface area contributed by atoms with E-state index in [4.69, 9.17) is 0 Å². The van der Waals surface area contributed by atoms with E-state index in [9.17, 15) is 8.42 Å². The van der Waals surface area contributed by atoms with Crippen molar-refractivity contribution in [2.24, 2.45) is 11.8 Å². The molecular weight excluding hydrogens is 222 g/mol. The van der Waals surface area contributed by atoms with E-state index in [-0.39, 0.29) is 0 Å². The van der Waals surface area contributed by atoms with Crippen LogP contribution in [0.4, 0.5) is 0 Å². The van der Waals surface area contributed by atoms with Gasteiger partial charge in [-0.3, -0.25) is 0 Å². The molecule has 0 fully saturated rings. The molecule has 0 aromatic heterocycles. The highest BCUT2D eigenvalue weighted by atomic mass is 32.2. The molecule has 0 aliphatic carbocycles. The molecule has 0 saturated heterocycles. The molecule has 0 rings (SSSR count). The Morgan fingerprint density at radius 2 is 1.81 bits per heavy atom. The highest BCUT2D eigenvalue weighted by molar-refractivity contribution is 7.91. The Labute approximate surface area is 101 Å². The molecule has 3 nitrogen and oxygen atoms in total. The van der Waals surface area contributed by atoms with Crippen LogP contribution in [-0.4, -0.2) is 33.5 Å². The maximum atomic E-state index is 11.6. The molecule has 0 bridgehead atoms. The van der Waals surface area contributed by atoms with Crippen LogP contribution in [0.25, 0.3) is 0 Å². The van der Waals surface area contributed by atoms with Crippen molar-refractivity contribution in [2.75, 3.05) is 25.1 Å². The van der Waals surface area contributed by atoms with Crippen LogP contribution >= 0.6 is 0 Å². The zero-order valence-corrected chi connectivity index (χ0v) is 11.9.